The molecule has 9 nitrogen and oxygen atoms in total. The molecule has 0 bridgehead atoms. The van der Waals surface area contributed by atoms with Crippen LogP contribution in [0.25, 0.3) is 11.4 Å². The van der Waals surface area contributed by atoms with Gasteiger partial charge in [-0.3, -0.25) is 14.0 Å². The second-order valence-corrected chi connectivity index (χ2v) is 8.80. The predicted octanol–water partition coefficient (Wildman–Crippen LogP) is 4.29. The van der Waals surface area contributed by atoms with Crippen molar-refractivity contribution in [2.75, 3.05) is 33.5 Å². The van der Waals surface area contributed by atoms with Gasteiger partial charge in [-0.2, -0.15) is 0 Å². The molecular formula is C28H33N3O6. The van der Waals surface area contributed by atoms with E-state index in [1.807, 2.05) is 38.1 Å². The Morgan fingerprint density at radius 3 is 2.62 bits per heavy atom. The quantitative estimate of drug-likeness (QED) is 0.179. The van der Waals surface area contributed by atoms with Crippen LogP contribution in [0.15, 0.2) is 48.2 Å². The summed E-state index contributed by atoms with van der Waals surface area (Å²) in [6, 6.07) is 10.0. The van der Waals surface area contributed by atoms with Crippen molar-refractivity contribution in [3.63, 3.8) is 0 Å². The zero-order valence-electron chi connectivity index (χ0n) is 21.7. The molecule has 0 saturated carbocycles. The molecule has 37 heavy (non-hydrogen) atoms. The first-order valence-electron chi connectivity index (χ1n) is 12.5. The Balaban J connectivity index is 1.89. The highest BCUT2D eigenvalue weighted by Gasteiger charge is 2.46. The number of ether oxygens (including phenoxy) is 3. The number of ketones is 1. The fourth-order valence-electron chi connectivity index (χ4n) is 4.66. The molecule has 2 aromatic heterocycles. The molecule has 0 aliphatic carbocycles. The number of imidazole rings is 1. The van der Waals surface area contributed by atoms with Crippen molar-refractivity contribution in [1.29, 1.82) is 0 Å². The van der Waals surface area contributed by atoms with Gasteiger partial charge in [-0.1, -0.05) is 19.1 Å². The zero-order chi connectivity index (χ0) is 26.5. The Hall–Kier alpha value is -3.85. The Morgan fingerprint density at radius 2 is 1.89 bits per heavy atom. The van der Waals surface area contributed by atoms with Gasteiger partial charge in [0.1, 0.15) is 11.3 Å². The maximum absolute atomic E-state index is 13.4. The van der Waals surface area contributed by atoms with Gasteiger partial charge in [0.05, 0.1) is 30.5 Å². The van der Waals surface area contributed by atoms with E-state index < -0.39 is 17.7 Å². The Morgan fingerprint density at radius 1 is 1.08 bits per heavy atom. The highest BCUT2D eigenvalue weighted by atomic mass is 16.5. The highest BCUT2D eigenvalue weighted by Crippen LogP contribution is 2.42. The fourth-order valence-corrected chi connectivity index (χ4v) is 4.66. The number of fused-ring (bicyclic) bond motifs is 1. The van der Waals surface area contributed by atoms with Crippen LogP contribution >= 0.6 is 0 Å². The molecule has 1 aliphatic heterocycles. The van der Waals surface area contributed by atoms with Gasteiger partial charge >= 0.3 is 0 Å². The van der Waals surface area contributed by atoms with Crippen LogP contribution in [-0.2, 0) is 14.3 Å². The number of Topliss-reactive ketones (excluding diaryl/α,β-unsaturated/α-hetero) is 1. The van der Waals surface area contributed by atoms with E-state index in [4.69, 9.17) is 14.2 Å². The van der Waals surface area contributed by atoms with Crippen LogP contribution in [0.2, 0.25) is 0 Å². The van der Waals surface area contributed by atoms with Crippen LogP contribution in [0.3, 0.4) is 0 Å². The van der Waals surface area contributed by atoms with Crippen LogP contribution in [0.4, 0.5) is 0 Å². The number of nitrogens with zero attached hydrogens (tertiary/aromatic N) is 3. The minimum absolute atomic E-state index is 0.0147. The Kier molecular flexibility index (Phi) is 8.13. The Bertz CT molecular complexity index is 1330. The summed E-state index contributed by atoms with van der Waals surface area (Å²) in [5, 5.41) is 11.6. The summed E-state index contributed by atoms with van der Waals surface area (Å²) in [6.45, 7) is 7.31. The number of aliphatic hydroxyl groups excluding tert-OH is 1. The average molecular weight is 508 g/mol. The second-order valence-electron chi connectivity index (χ2n) is 8.80. The van der Waals surface area contributed by atoms with Crippen LogP contribution in [0.1, 0.15) is 49.7 Å². The lowest BCUT2D eigenvalue weighted by Crippen LogP contribution is -2.31. The number of aryl methyl sites for hydroxylation is 1. The third-order valence-corrected chi connectivity index (χ3v) is 6.26. The summed E-state index contributed by atoms with van der Waals surface area (Å²) in [7, 11) is 1.59. The number of hydrogen-bond donors (Lipinski definition) is 1. The van der Waals surface area contributed by atoms with E-state index in [0.29, 0.717) is 60.3 Å². The van der Waals surface area contributed by atoms with Gasteiger partial charge in [0.25, 0.3) is 11.7 Å². The number of rotatable bonds is 11. The number of carbonyl (C=O) groups is 2. The van der Waals surface area contributed by atoms with Crippen LogP contribution in [-0.4, -0.2) is 64.6 Å². The van der Waals surface area contributed by atoms with Crippen molar-refractivity contribution in [3.8, 4) is 11.5 Å². The maximum atomic E-state index is 13.4. The molecule has 3 aromatic rings. The number of pyridine rings is 1. The number of amides is 1. The number of carbonyl (C=O) groups excluding carboxylic acids is 2. The number of hydrogen-bond acceptors (Lipinski definition) is 7. The molecule has 1 N–H and O–H groups in total. The summed E-state index contributed by atoms with van der Waals surface area (Å²) < 4.78 is 18.6. The molecule has 4 rings (SSSR count). The van der Waals surface area contributed by atoms with Crippen molar-refractivity contribution in [3.05, 3.63) is 65.1 Å². The third kappa shape index (κ3) is 5.04. The van der Waals surface area contributed by atoms with E-state index in [0.717, 1.165) is 6.42 Å². The monoisotopic (exact) mass is 507 g/mol. The molecule has 1 unspecified atom stereocenters. The van der Waals surface area contributed by atoms with E-state index in [-0.39, 0.29) is 17.9 Å². The van der Waals surface area contributed by atoms with Crippen molar-refractivity contribution in [2.45, 2.75) is 39.7 Å². The summed E-state index contributed by atoms with van der Waals surface area (Å²) in [5.74, 6) is -0.575. The normalized spacial score (nSPS) is 17.1. The number of benzene rings is 1. The molecule has 1 atom stereocenters. The van der Waals surface area contributed by atoms with Crippen molar-refractivity contribution in [1.82, 2.24) is 14.3 Å². The van der Waals surface area contributed by atoms with Crippen molar-refractivity contribution >= 4 is 23.1 Å². The lowest BCUT2D eigenvalue weighted by atomic mass is 9.95. The predicted molar refractivity (Wildman–Crippen MR) is 139 cm³/mol. The highest BCUT2D eigenvalue weighted by molar-refractivity contribution is 6.46. The molecular weight excluding hydrogens is 474 g/mol. The third-order valence-electron chi connectivity index (χ3n) is 6.26. The maximum Gasteiger partial charge on any atom is 0.295 e. The molecule has 1 saturated heterocycles. The Labute approximate surface area is 216 Å². The van der Waals surface area contributed by atoms with Gasteiger partial charge in [0.15, 0.2) is 17.3 Å². The first-order chi connectivity index (χ1) is 17.9. The standard InChI is InChI=1S/C28H33N3O6/c1-5-15-37-20-12-11-19(17-21(20)36-6-2)25-23(27(33)28(34)31(25)14-9-16-35-4)26(32)24-18(3)29-22-10-7-8-13-30(22)24/h7-8,10-13,17,25,32H,5-6,9,14-16H2,1-4H3/b26-23+. The van der Waals surface area contributed by atoms with Gasteiger partial charge in [-0.05, 0) is 56.5 Å². The first-order valence-corrected chi connectivity index (χ1v) is 12.5. The molecule has 0 spiro atoms. The summed E-state index contributed by atoms with van der Waals surface area (Å²) >= 11 is 0. The van der Waals surface area contributed by atoms with E-state index in [9.17, 15) is 14.7 Å². The number of methoxy groups -OCH3 is 1. The molecule has 1 amide bonds. The lowest BCUT2D eigenvalue weighted by Gasteiger charge is -2.26. The number of aromatic nitrogens is 2. The minimum Gasteiger partial charge on any atom is -0.505 e. The van der Waals surface area contributed by atoms with E-state index in [2.05, 4.69) is 4.98 Å². The van der Waals surface area contributed by atoms with Crippen LogP contribution < -0.4 is 9.47 Å². The molecule has 1 aromatic carbocycles. The van der Waals surface area contributed by atoms with E-state index >= 15 is 0 Å². The van der Waals surface area contributed by atoms with Gasteiger partial charge in [0.2, 0.25) is 0 Å². The van der Waals surface area contributed by atoms with Crippen LogP contribution in [0, 0.1) is 6.92 Å². The molecule has 0 radical (unpaired) electrons. The van der Waals surface area contributed by atoms with Gasteiger partial charge in [-0.25, -0.2) is 4.98 Å². The lowest BCUT2D eigenvalue weighted by molar-refractivity contribution is -0.140. The van der Waals surface area contributed by atoms with Crippen molar-refractivity contribution in [2.24, 2.45) is 0 Å². The molecule has 3 heterocycles. The van der Waals surface area contributed by atoms with Crippen LogP contribution in [0.5, 0.6) is 11.5 Å². The van der Waals surface area contributed by atoms with Gasteiger partial charge in [-0.15, -0.1) is 0 Å². The second kappa shape index (κ2) is 11.5. The zero-order valence-corrected chi connectivity index (χ0v) is 21.7. The summed E-state index contributed by atoms with van der Waals surface area (Å²) in [5.41, 5.74) is 2.20. The average Bonchev–Trinajstić information content (AvgIpc) is 3.36. The van der Waals surface area contributed by atoms with E-state index in [1.165, 1.54) is 4.90 Å². The number of aliphatic hydroxyl groups is 1. The van der Waals surface area contributed by atoms with E-state index in [1.54, 1.807) is 36.8 Å². The molecule has 1 aliphatic rings. The largest absolute Gasteiger partial charge is 0.505 e. The molecule has 196 valence electrons. The minimum atomic E-state index is -0.815. The van der Waals surface area contributed by atoms with Gasteiger partial charge < -0.3 is 24.2 Å². The molecule has 1 fully saturated rings. The summed E-state index contributed by atoms with van der Waals surface area (Å²) in [6.07, 6.45) is 3.14. The summed E-state index contributed by atoms with van der Waals surface area (Å²) in [4.78, 5) is 32.7. The van der Waals surface area contributed by atoms with Gasteiger partial charge in [0, 0.05) is 26.5 Å². The SMILES string of the molecule is CCCOc1ccc(C2/C(=C(\O)c3c(C)nc4ccccn34)C(=O)C(=O)N2CCCOC)cc1OCC. The van der Waals surface area contributed by atoms with Crippen molar-refractivity contribution < 1.29 is 28.9 Å². The first kappa shape index (κ1) is 26.2. The fraction of sp³-hybridized carbons (Fsp3) is 0.393. The molecule has 9 heteroatoms. The topological polar surface area (TPSA) is 103 Å². The number of likely N-dealkylation sites (tertiary alicyclic amines) is 1. The smallest absolute Gasteiger partial charge is 0.295 e.